The molecule has 10 nitrogen and oxygen atoms in total. The van der Waals surface area contributed by atoms with E-state index in [9.17, 15) is 23.1 Å². The zero-order valence-corrected chi connectivity index (χ0v) is 14.3. The fraction of sp³-hybridized carbons (Fsp3) is 0.357. The second-order valence-corrected chi connectivity index (χ2v) is 7.88. The van der Waals surface area contributed by atoms with Gasteiger partial charge in [0.05, 0.1) is 18.7 Å². The zero-order chi connectivity index (χ0) is 18.4. The fourth-order valence-electron chi connectivity index (χ4n) is 2.67. The first-order valence-electron chi connectivity index (χ1n) is 7.28. The Hall–Kier alpha value is -2.66. The first-order valence-corrected chi connectivity index (χ1v) is 9.13. The molecule has 1 aliphatic rings. The SMILES string of the molecule is CN(Cc1ccc([C@H]2CC(=O)Nc3n[nH]c(C(=O)O)c32)o1)S(C)(=O)=O. The van der Waals surface area contributed by atoms with E-state index in [1.807, 2.05) is 0 Å². The number of rotatable bonds is 5. The van der Waals surface area contributed by atoms with Crippen molar-refractivity contribution in [2.45, 2.75) is 18.9 Å². The molecule has 25 heavy (non-hydrogen) atoms. The molecule has 1 amide bonds. The third-order valence-corrected chi connectivity index (χ3v) is 5.25. The number of aromatic amines is 1. The van der Waals surface area contributed by atoms with Gasteiger partial charge in [-0.3, -0.25) is 9.89 Å². The third kappa shape index (κ3) is 3.28. The van der Waals surface area contributed by atoms with Gasteiger partial charge in [0.2, 0.25) is 15.9 Å². The molecule has 134 valence electrons. The van der Waals surface area contributed by atoms with Crippen molar-refractivity contribution in [3.63, 3.8) is 0 Å². The molecule has 0 aromatic carbocycles. The van der Waals surface area contributed by atoms with Crippen molar-refractivity contribution in [3.05, 3.63) is 34.9 Å². The summed E-state index contributed by atoms with van der Waals surface area (Å²) < 4.78 is 29.8. The lowest BCUT2D eigenvalue weighted by molar-refractivity contribution is -0.116. The molecular formula is C14H16N4O6S. The van der Waals surface area contributed by atoms with Crippen LogP contribution in [0.5, 0.6) is 0 Å². The number of H-pyrrole nitrogens is 1. The number of hydrogen-bond acceptors (Lipinski definition) is 6. The van der Waals surface area contributed by atoms with Crippen molar-refractivity contribution in [1.29, 1.82) is 0 Å². The summed E-state index contributed by atoms with van der Waals surface area (Å²) in [5.41, 5.74) is 0.218. The fourth-order valence-corrected chi connectivity index (χ4v) is 3.03. The minimum absolute atomic E-state index is 0.00167. The van der Waals surface area contributed by atoms with Crippen LogP contribution >= 0.6 is 0 Å². The first kappa shape index (κ1) is 17.2. The molecule has 1 aliphatic heterocycles. The number of amides is 1. The Balaban J connectivity index is 1.95. The minimum atomic E-state index is -3.37. The van der Waals surface area contributed by atoms with E-state index in [1.165, 1.54) is 7.05 Å². The summed E-state index contributed by atoms with van der Waals surface area (Å²) in [6, 6.07) is 3.21. The topological polar surface area (TPSA) is 146 Å². The van der Waals surface area contributed by atoms with Gasteiger partial charge in [0.25, 0.3) is 0 Å². The summed E-state index contributed by atoms with van der Waals surface area (Å²) in [6.45, 7) is 0.0295. The summed E-state index contributed by atoms with van der Waals surface area (Å²) in [5, 5.41) is 18.0. The van der Waals surface area contributed by atoms with Gasteiger partial charge < -0.3 is 14.8 Å². The van der Waals surface area contributed by atoms with Gasteiger partial charge in [-0.2, -0.15) is 9.40 Å². The molecule has 0 fully saturated rings. The molecule has 1 atom stereocenters. The number of aromatic nitrogens is 2. The molecule has 2 aromatic rings. The maximum absolute atomic E-state index is 11.9. The molecule has 11 heteroatoms. The second-order valence-electron chi connectivity index (χ2n) is 5.79. The van der Waals surface area contributed by atoms with Gasteiger partial charge in [-0.15, -0.1) is 0 Å². The highest BCUT2D eigenvalue weighted by Crippen LogP contribution is 2.38. The van der Waals surface area contributed by atoms with Crippen molar-refractivity contribution in [2.24, 2.45) is 0 Å². The predicted molar refractivity (Wildman–Crippen MR) is 85.7 cm³/mol. The van der Waals surface area contributed by atoms with Crippen LogP contribution in [-0.2, 0) is 21.4 Å². The maximum atomic E-state index is 11.9. The molecule has 0 spiro atoms. The molecule has 0 bridgehead atoms. The lowest BCUT2D eigenvalue weighted by Crippen LogP contribution is -2.25. The summed E-state index contributed by atoms with van der Waals surface area (Å²) in [6.07, 6.45) is 1.08. The van der Waals surface area contributed by atoms with E-state index >= 15 is 0 Å². The monoisotopic (exact) mass is 368 g/mol. The van der Waals surface area contributed by atoms with Crippen LogP contribution in [0.4, 0.5) is 5.82 Å². The Morgan fingerprint density at radius 1 is 1.48 bits per heavy atom. The first-order chi connectivity index (χ1) is 11.7. The molecule has 3 N–H and O–H groups in total. The molecule has 3 heterocycles. The number of nitrogens with one attached hydrogen (secondary N) is 2. The maximum Gasteiger partial charge on any atom is 0.354 e. The van der Waals surface area contributed by atoms with E-state index < -0.39 is 21.9 Å². The largest absolute Gasteiger partial charge is 0.477 e. The van der Waals surface area contributed by atoms with Crippen LogP contribution in [0.15, 0.2) is 16.5 Å². The quantitative estimate of drug-likeness (QED) is 0.699. The van der Waals surface area contributed by atoms with Gasteiger partial charge >= 0.3 is 5.97 Å². The number of furan rings is 1. The Labute approximate surface area is 142 Å². The van der Waals surface area contributed by atoms with Crippen LogP contribution in [0, 0.1) is 0 Å². The number of sulfonamides is 1. The number of carbonyl (C=O) groups excluding carboxylic acids is 1. The number of fused-ring (bicyclic) bond motifs is 1. The van der Waals surface area contributed by atoms with Gasteiger partial charge in [-0.05, 0) is 12.1 Å². The van der Waals surface area contributed by atoms with Crippen LogP contribution in [0.25, 0.3) is 0 Å². The summed E-state index contributed by atoms with van der Waals surface area (Å²) >= 11 is 0. The van der Waals surface area contributed by atoms with Crippen molar-refractivity contribution in [2.75, 3.05) is 18.6 Å². The van der Waals surface area contributed by atoms with Crippen molar-refractivity contribution >= 4 is 27.7 Å². The normalized spacial score (nSPS) is 17.4. The van der Waals surface area contributed by atoms with E-state index in [1.54, 1.807) is 12.1 Å². The molecule has 3 rings (SSSR count). The number of aromatic carboxylic acids is 1. The number of nitrogens with zero attached hydrogens (tertiary/aromatic N) is 2. The number of carboxylic acid groups (broad SMARTS) is 1. The second kappa shape index (κ2) is 6.01. The van der Waals surface area contributed by atoms with Crippen molar-refractivity contribution in [3.8, 4) is 0 Å². The van der Waals surface area contributed by atoms with Crippen LogP contribution in [-0.4, -0.2) is 53.2 Å². The molecule has 0 saturated heterocycles. The lowest BCUT2D eigenvalue weighted by atomic mass is 9.90. The molecule has 0 radical (unpaired) electrons. The van der Waals surface area contributed by atoms with E-state index in [0.717, 1.165) is 10.6 Å². The van der Waals surface area contributed by atoms with Crippen LogP contribution in [0.2, 0.25) is 0 Å². The average Bonchev–Trinajstić information content (AvgIpc) is 3.11. The van der Waals surface area contributed by atoms with Gasteiger partial charge in [-0.25, -0.2) is 13.2 Å². The highest BCUT2D eigenvalue weighted by molar-refractivity contribution is 7.88. The van der Waals surface area contributed by atoms with E-state index in [0.29, 0.717) is 17.1 Å². The molecule has 0 saturated carbocycles. The number of anilines is 1. The number of carboxylic acids is 1. The zero-order valence-electron chi connectivity index (χ0n) is 13.4. The van der Waals surface area contributed by atoms with Gasteiger partial charge in [-0.1, -0.05) is 0 Å². The smallest absolute Gasteiger partial charge is 0.354 e. The molecular weight excluding hydrogens is 352 g/mol. The third-order valence-electron chi connectivity index (χ3n) is 3.98. The van der Waals surface area contributed by atoms with Crippen LogP contribution in [0.3, 0.4) is 0 Å². The highest BCUT2D eigenvalue weighted by atomic mass is 32.2. The minimum Gasteiger partial charge on any atom is -0.477 e. The van der Waals surface area contributed by atoms with E-state index in [4.69, 9.17) is 4.42 Å². The Bertz CT molecular complexity index is 944. The number of carbonyl (C=O) groups is 2. The Morgan fingerprint density at radius 3 is 2.84 bits per heavy atom. The Kier molecular flexibility index (Phi) is 4.13. The van der Waals surface area contributed by atoms with Crippen molar-refractivity contribution in [1.82, 2.24) is 14.5 Å². The summed E-state index contributed by atoms with van der Waals surface area (Å²) in [4.78, 5) is 23.2. The average molecular weight is 368 g/mol. The predicted octanol–water partition coefficient (Wildman–Crippen LogP) is 0.566. The standard InChI is InChI=1S/C14H16N4O6S/c1-18(25(2,22)23)6-7-3-4-9(24-7)8-5-10(19)15-13-11(8)12(14(20)21)16-17-13/h3-4,8H,5-6H2,1-2H3,(H,20,21)(H2,15,16,17,19)/t8-/m1/s1. The van der Waals surface area contributed by atoms with Gasteiger partial charge in [0, 0.05) is 19.0 Å². The van der Waals surface area contributed by atoms with Gasteiger partial charge in [0.15, 0.2) is 5.82 Å². The molecule has 2 aromatic heterocycles. The molecule has 0 unspecified atom stereocenters. The molecule has 0 aliphatic carbocycles. The summed E-state index contributed by atoms with van der Waals surface area (Å²) in [7, 11) is -1.95. The van der Waals surface area contributed by atoms with Crippen molar-refractivity contribution < 1.29 is 27.5 Å². The van der Waals surface area contributed by atoms with Gasteiger partial charge in [0.1, 0.15) is 17.2 Å². The highest BCUT2D eigenvalue weighted by Gasteiger charge is 2.35. The number of hydrogen-bond donors (Lipinski definition) is 3. The lowest BCUT2D eigenvalue weighted by Gasteiger charge is -2.20. The van der Waals surface area contributed by atoms with E-state index in [2.05, 4.69) is 15.5 Å². The van der Waals surface area contributed by atoms with Crippen LogP contribution in [0.1, 0.15) is 39.9 Å². The Morgan fingerprint density at radius 2 is 2.20 bits per heavy atom. The summed E-state index contributed by atoms with van der Waals surface area (Å²) in [5.74, 6) is -1.21. The van der Waals surface area contributed by atoms with E-state index in [-0.39, 0.29) is 30.4 Å². The van der Waals surface area contributed by atoms with Crippen LogP contribution < -0.4 is 5.32 Å².